The first-order valence-electron chi connectivity index (χ1n) is 5.95. The molecular formula is C13H15NO5. The van der Waals surface area contributed by atoms with E-state index >= 15 is 0 Å². The second-order valence-electron chi connectivity index (χ2n) is 4.03. The largest absolute Gasteiger partial charge is 0.482 e. The van der Waals surface area contributed by atoms with Crippen molar-refractivity contribution in [3.05, 3.63) is 18.2 Å². The molecule has 0 bridgehead atoms. The first-order chi connectivity index (χ1) is 9.13. The minimum absolute atomic E-state index is 0.00689. The van der Waals surface area contributed by atoms with Gasteiger partial charge in [-0.15, -0.1) is 0 Å². The van der Waals surface area contributed by atoms with Crippen molar-refractivity contribution in [1.82, 2.24) is 0 Å². The van der Waals surface area contributed by atoms with Crippen molar-refractivity contribution in [2.75, 3.05) is 19.0 Å². The normalized spacial score (nSPS) is 14.7. The zero-order valence-corrected chi connectivity index (χ0v) is 10.8. The molecule has 1 atom stereocenters. The maximum Gasteiger partial charge on any atom is 0.347 e. The maximum atomic E-state index is 11.4. The number of benzene rings is 1. The van der Waals surface area contributed by atoms with E-state index in [0.29, 0.717) is 23.6 Å². The molecule has 0 saturated heterocycles. The van der Waals surface area contributed by atoms with E-state index in [-0.39, 0.29) is 12.5 Å². The molecule has 6 heteroatoms. The van der Waals surface area contributed by atoms with Crippen molar-refractivity contribution in [3.8, 4) is 11.5 Å². The Labute approximate surface area is 110 Å². The summed E-state index contributed by atoms with van der Waals surface area (Å²) in [5.74, 6) is 0.407. The summed E-state index contributed by atoms with van der Waals surface area (Å²) in [6.07, 6.45) is -0.171. The van der Waals surface area contributed by atoms with Gasteiger partial charge in [0.05, 0.1) is 12.8 Å². The first-order valence-corrected chi connectivity index (χ1v) is 5.95. The molecule has 0 radical (unpaired) electrons. The monoisotopic (exact) mass is 265 g/mol. The number of fused-ring (bicyclic) bond motifs is 1. The van der Waals surface area contributed by atoms with E-state index in [1.165, 1.54) is 7.11 Å². The summed E-state index contributed by atoms with van der Waals surface area (Å²) >= 11 is 0. The minimum Gasteiger partial charge on any atom is -0.482 e. The van der Waals surface area contributed by atoms with E-state index in [2.05, 4.69) is 10.1 Å². The number of nitrogens with one attached hydrogen (secondary N) is 1. The molecule has 1 aliphatic heterocycles. The Hall–Kier alpha value is -2.24. The molecule has 1 heterocycles. The molecule has 1 aliphatic rings. The fourth-order valence-corrected chi connectivity index (χ4v) is 1.73. The van der Waals surface area contributed by atoms with Crippen LogP contribution in [0.5, 0.6) is 11.5 Å². The second kappa shape index (κ2) is 5.60. The van der Waals surface area contributed by atoms with E-state index in [1.54, 1.807) is 18.2 Å². The van der Waals surface area contributed by atoms with Crippen LogP contribution < -0.4 is 14.8 Å². The number of hydrogen-bond acceptors (Lipinski definition) is 5. The van der Waals surface area contributed by atoms with Gasteiger partial charge in [-0.05, 0) is 18.6 Å². The average Bonchev–Trinajstić information content (AvgIpc) is 2.43. The molecule has 102 valence electrons. The Morgan fingerprint density at radius 1 is 1.53 bits per heavy atom. The second-order valence-corrected chi connectivity index (χ2v) is 4.03. The number of ether oxygens (including phenoxy) is 3. The van der Waals surface area contributed by atoms with Gasteiger partial charge in [-0.3, -0.25) is 4.79 Å². The number of amides is 1. The summed E-state index contributed by atoms with van der Waals surface area (Å²) in [5, 5.41) is 2.67. The highest BCUT2D eigenvalue weighted by Crippen LogP contribution is 2.31. The van der Waals surface area contributed by atoms with Crippen LogP contribution >= 0.6 is 0 Å². The number of rotatable bonds is 4. The van der Waals surface area contributed by atoms with Gasteiger partial charge in [0.15, 0.2) is 12.7 Å². The molecule has 0 fully saturated rings. The van der Waals surface area contributed by atoms with E-state index < -0.39 is 12.1 Å². The molecule has 6 nitrogen and oxygen atoms in total. The molecule has 19 heavy (non-hydrogen) atoms. The molecule has 1 aromatic carbocycles. The van der Waals surface area contributed by atoms with Crippen LogP contribution in [0.1, 0.15) is 13.3 Å². The molecular weight excluding hydrogens is 250 g/mol. The SMILES string of the molecule is CCC(Oc1ccc2c(c1)NC(=O)CO2)C(=O)OC. The average molecular weight is 265 g/mol. The van der Waals surface area contributed by atoms with E-state index in [1.807, 2.05) is 6.92 Å². The first kappa shape index (κ1) is 13.2. The lowest BCUT2D eigenvalue weighted by molar-refractivity contribution is -0.148. The zero-order chi connectivity index (χ0) is 13.8. The molecule has 0 aromatic heterocycles. The summed E-state index contributed by atoms with van der Waals surface area (Å²) in [7, 11) is 1.31. The number of carbonyl (C=O) groups excluding carboxylic acids is 2. The van der Waals surface area contributed by atoms with Crippen molar-refractivity contribution in [2.45, 2.75) is 19.4 Å². The van der Waals surface area contributed by atoms with Crippen LogP contribution in [0.4, 0.5) is 5.69 Å². The molecule has 1 amide bonds. The summed E-state index contributed by atoms with van der Waals surface area (Å²) in [4.78, 5) is 22.7. The van der Waals surface area contributed by atoms with Gasteiger partial charge in [-0.2, -0.15) is 0 Å². The summed E-state index contributed by atoms with van der Waals surface area (Å²) < 4.78 is 15.4. The van der Waals surface area contributed by atoms with Crippen molar-refractivity contribution in [3.63, 3.8) is 0 Å². The van der Waals surface area contributed by atoms with Crippen molar-refractivity contribution in [2.24, 2.45) is 0 Å². The van der Waals surface area contributed by atoms with E-state index in [0.717, 1.165) is 0 Å². The fraction of sp³-hybridized carbons (Fsp3) is 0.385. The quantitative estimate of drug-likeness (QED) is 0.832. The Balaban J connectivity index is 2.15. The third kappa shape index (κ3) is 2.96. The highest BCUT2D eigenvalue weighted by molar-refractivity contribution is 5.95. The highest BCUT2D eigenvalue weighted by atomic mass is 16.6. The van der Waals surface area contributed by atoms with Crippen LogP contribution in [0.25, 0.3) is 0 Å². The lowest BCUT2D eigenvalue weighted by atomic mass is 10.2. The van der Waals surface area contributed by atoms with Crippen molar-refractivity contribution >= 4 is 17.6 Å². The van der Waals surface area contributed by atoms with Crippen LogP contribution in [-0.2, 0) is 14.3 Å². The van der Waals surface area contributed by atoms with Crippen LogP contribution in [0, 0.1) is 0 Å². The lowest BCUT2D eigenvalue weighted by Crippen LogP contribution is -2.28. The van der Waals surface area contributed by atoms with Crippen LogP contribution in [0.2, 0.25) is 0 Å². The van der Waals surface area contributed by atoms with Gasteiger partial charge in [0.1, 0.15) is 11.5 Å². The van der Waals surface area contributed by atoms with Gasteiger partial charge in [-0.25, -0.2) is 4.79 Å². The standard InChI is InChI=1S/C13H15NO5/c1-3-10(13(16)17-2)19-8-4-5-11-9(6-8)14-12(15)7-18-11/h4-6,10H,3,7H2,1-2H3,(H,14,15). The molecule has 1 unspecified atom stereocenters. The van der Waals surface area contributed by atoms with Crippen LogP contribution in [0.3, 0.4) is 0 Å². The van der Waals surface area contributed by atoms with Gasteiger partial charge < -0.3 is 19.5 Å². The Bertz CT molecular complexity index is 500. The van der Waals surface area contributed by atoms with Gasteiger partial charge in [0.2, 0.25) is 0 Å². The van der Waals surface area contributed by atoms with Gasteiger partial charge in [-0.1, -0.05) is 6.92 Å². The number of methoxy groups -OCH3 is 1. The highest BCUT2D eigenvalue weighted by Gasteiger charge is 2.21. The minimum atomic E-state index is -0.664. The smallest absolute Gasteiger partial charge is 0.347 e. The Morgan fingerprint density at radius 2 is 2.32 bits per heavy atom. The van der Waals surface area contributed by atoms with Gasteiger partial charge in [0, 0.05) is 6.07 Å². The van der Waals surface area contributed by atoms with E-state index in [9.17, 15) is 9.59 Å². The number of esters is 1. The number of carbonyl (C=O) groups is 2. The number of hydrogen-bond donors (Lipinski definition) is 1. The Morgan fingerprint density at radius 3 is 3.00 bits per heavy atom. The van der Waals surface area contributed by atoms with Crippen molar-refractivity contribution < 1.29 is 23.8 Å². The van der Waals surface area contributed by atoms with Crippen LogP contribution in [-0.4, -0.2) is 31.7 Å². The molecule has 1 aromatic rings. The van der Waals surface area contributed by atoms with Gasteiger partial charge in [0.25, 0.3) is 5.91 Å². The molecule has 0 saturated carbocycles. The maximum absolute atomic E-state index is 11.4. The zero-order valence-electron chi connectivity index (χ0n) is 10.8. The predicted molar refractivity (Wildman–Crippen MR) is 67.3 cm³/mol. The lowest BCUT2D eigenvalue weighted by Gasteiger charge is -2.20. The summed E-state index contributed by atoms with van der Waals surface area (Å²) in [6.45, 7) is 1.83. The molecule has 0 spiro atoms. The third-order valence-electron chi connectivity index (χ3n) is 2.70. The number of anilines is 1. The van der Waals surface area contributed by atoms with E-state index in [4.69, 9.17) is 9.47 Å². The van der Waals surface area contributed by atoms with Crippen molar-refractivity contribution in [1.29, 1.82) is 0 Å². The third-order valence-corrected chi connectivity index (χ3v) is 2.70. The van der Waals surface area contributed by atoms with Crippen LogP contribution in [0.15, 0.2) is 18.2 Å². The van der Waals surface area contributed by atoms with Gasteiger partial charge >= 0.3 is 5.97 Å². The topological polar surface area (TPSA) is 73.9 Å². The summed E-state index contributed by atoms with van der Waals surface area (Å²) in [5.41, 5.74) is 0.536. The molecule has 0 aliphatic carbocycles. The Kier molecular flexibility index (Phi) is 3.89. The fourth-order valence-electron chi connectivity index (χ4n) is 1.73. The molecule has 1 N–H and O–H groups in total. The summed E-state index contributed by atoms with van der Waals surface area (Å²) in [6, 6.07) is 4.99. The molecule has 2 rings (SSSR count). The predicted octanol–water partition coefficient (Wildman–Crippen LogP) is 1.35.